The topological polar surface area (TPSA) is 78.8 Å². The number of rotatable bonds is 10. The Bertz CT molecular complexity index is 1720. The number of halogens is 1. The van der Waals surface area contributed by atoms with Crippen molar-refractivity contribution in [2.45, 2.75) is 153 Å². The lowest BCUT2D eigenvalue weighted by Crippen LogP contribution is -2.46. The normalized spacial score (nSPS) is 15.5. The summed E-state index contributed by atoms with van der Waals surface area (Å²) in [6, 6.07) is 25.7. The van der Waals surface area contributed by atoms with Crippen LogP contribution in [0.5, 0.6) is 0 Å². The number of para-hydroxylation sites is 1. The lowest BCUT2D eigenvalue weighted by molar-refractivity contribution is -0.301. The average Bonchev–Trinajstić information content (AvgIpc) is 3.48. The lowest BCUT2D eigenvalue weighted by atomic mass is 9.94. The minimum absolute atomic E-state index is 0. The van der Waals surface area contributed by atoms with Gasteiger partial charge in [-0.25, -0.2) is 4.39 Å². The minimum Gasteiger partial charge on any atom is -0.460 e. The summed E-state index contributed by atoms with van der Waals surface area (Å²) >= 11 is 0. The van der Waals surface area contributed by atoms with Crippen LogP contribution >= 0.6 is 0 Å². The fraction of sp³-hybridized carbons (Fsp3) is 0.489. The van der Waals surface area contributed by atoms with E-state index in [1.165, 1.54) is 12.1 Å². The molecule has 3 aromatic carbocycles. The SMILES string of the molecule is C.CC.CC.CC.CC(C)c1c(C(=O)Nc2ccccc2)c(-c2ccccc2)c(-c2ccc(F)cc2)n1CC[C@@H]1C[C@H](CC(=O)OC(C)(C)C)OC(C)(C)O1.[BH]. The van der Waals surface area contributed by atoms with Gasteiger partial charge in [0.1, 0.15) is 11.4 Å². The van der Waals surface area contributed by atoms with E-state index in [-0.39, 0.29) is 58.1 Å². The number of aromatic nitrogens is 1. The molecule has 0 saturated carbocycles. The third-order valence-electron chi connectivity index (χ3n) is 8.21. The minimum atomic E-state index is -0.900. The van der Waals surface area contributed by atoms with Gasteiger partial charge in [0, 0.05) is 38.3 Å². The number of anilines is 1. The Kier molecular flexibility index (Phi) is 22.6. The van der Waals surface area contributed by atoms with Crippen molar-refractivity contribution in [3.05, 3.63) is 102 Å². The number of amides is 1. The summed E-state index contributed by atoms with van der Waals surface area (Å²) < 4.78 is 34.6. The predicted molar refractivity (Wildman–Crippen MR) is 235 cm³/mol. The van der Waals surface area contributed by atoms with Gasteiger partial charge >= 0.3 is 5.97 Å². The summed E-state index contributed by atoms with van der Waals surface area (Å²) in [6.45, 7) is 25.9. The van der Waals surface area contributed by atoms with E-state index in [9.17, 15) is 14.0 Å². The number of nitrogens with one attached hydrogen (secondary N) is 1. The quantitative estimate of drug-likeness (QED) is 0.128. The summed E-state index contributed by atoms with van der Waals surface area (Å²) in [4.78, 5) is 27.1. The van der Waals surface area contributed by atoms with Crippen LogP contribution in [0, 0.1) is 5.82 Å². The van der Waals surface area contributed by atoms with Gasteiger partial charge in [-0.1, -0.05) is 111 Å². The van der Waals surface area contributed by atoms with Gasteiger partial charge in [0.2, 0.25) is 0 Å². The first-order chi connectivity index (χ1) is 25.7. The van der Waals surface area contributed by atoms with Gasteiger partial charge in [0.05, 0.1) is 29.9 Å². The number of carbonyl (C=O) groups is 2. The van der Waals surface area contributed by atoms with Crippen LogP contribution in [0.25, 0.3) is 22.4 Å². The van der Waals surface area contributed by atoms with Crippen LogP contribution in [0.2, 0.25) is 0 Å². The van der Waals surface area contributed by atoms with Crippen molar-refractivity contribution in [3.8, 4) is 22.4 Å². The predicted octanol–water partition coefficient (Wildman–Crippen LogP) is 12.4. The molecular formula is C47H70BFN2O5. The van der Waals surface area contributed by atoms with Gasteiger partial charge in [0.15, 0.2) is 5.79 Å². The summed E-state index contributed by atoms with van der Waals surface area (Å²) in [7, 11) is 0. The molecule has 2 radical (unpaired) electrons. The monoisotopic (exact) mass is 773 g/mol. The number of hydrogen-bond donors (Lipinski definition) is 1. The van der Waals surface area contributed by atoms with Gasteiger partial charge in [-0.3, -0.25) is 9.59 Å². The molecule has 4 aromatic rings. The van der Waals surface area contributed by atoms with E-state index in [0.29, 0.717) is 30.6 Å². The number of nitrogens with zero attached hydrogens (tertiary/aromatic N) is 1. The Morgan fingerprint density at radius 3 is 1.88 bits per heavy atom. The smallest absolute Gasteiger partial charge is 0.308 e. The Labute approximate surface area is 340 Å². The van der Waals surface area contributed by atoms with Crippen molar-refractivity contribution >= 4 is 26.0 Å². The molecular weight excluding hydrogens is 702 g/mol. The Hall–Kier alpha value is -4.21. The van der Waals surface area contributed by atoms with Crippen molar-refractivity contribution in [1.82, 2.24) is 4.57 Å². The second kappa shape index (κ2) is 24.4. The first kappa shape index (κ1) is 51.8. The molecule has 5 rings (SSSR count). The molecule has 1 amide bonds. The molecule has 2 heterocycles. The van der Waals surface area contributed by atoms with Crippen LogP contribution in [-0.2, 0) is 25.5 Å². The van der Waals surface area contributed by atoms with E-state index in [4.69, 9.17) is 14.2 Å². The van der Waals surface area contributed by atoms with Gasteiger partial charge in [-0.15, -0.1) is 0 Å². The molecule has 9 heteroatoms. The largest absolute Gasteiger partial charge is 0.460 e. The molecule has 308 valence electrons. The molecule has 1 fully saturated rings. The summed E-state index contributed by atoms with van der Waals surface area (Å²) in [5.74, 6) is -1.80. The summed E-state index contributed by atoms with van der Waals surface area (Å²) in [5.41, 5.74) is 4.87. The first-order valence-electron chi connectivity index (χ1n) is 19.7. The highest BCUT2D eigenvalue weighted by Gasteiger charge is 2.38. The molecule has 1 aliphatic heterocycles. The maximum absolute atomic E-state index is 14.4. The average molecular weight is 773 g/mol. The van der Waals surface area contributed by atoms with E-state index in [1.807, 2.05) is 137 Å². The summed E-state index contributed by atoms with van der Waals surface area (Å²) in [6.07, 6.45) is 0.635. The van der Waals surface area contributed by atoms with Gasteiger partial charge in [0.25, 0.3) is 5.91 Å². The Morgan fingerprint density at radius 1 is 0.839 bits per heavy atom. The molecule has 0 unspecified atom stereocenters. The fourth-order valence-corrected chi connectivity index (χ4v) is 6.57. The van der Waals surface area contributed by atoms with Crippen molar-refractivity contribution in [2.24, 2.45) is 0 Å². The molecule has 1 N–H and O–H groups in total. The van der Waals surface area contributed by atoms with E-state index in [2.05, 4.69) is 23.7 Å². The maximum Gasteiger partial charge on any atom is 0.308 e. The molecule has 0 spiro atoms. The van der Waals surface area contributed by atoms with E-state index < -0.39 is 11.4 Å². The third kappa shape index (κ3) is 14.7. The van der Waals surface area contributed by atoms with Crippen LogP contribution in [-0.4, -0.2) is 48.5 Å². The van der Waals surface area contributed by atoms with Crippen molar-refractivity contribution in [1.29, 1.82) is 0 Å². The number of carbonyl (C=O) groups excluding carboxylic acids is 2. The Morgan fingerprint density at radius 2 is 1.36 bits per heavy atom. The zero-order chi connectivity index (χ0) is 40.6. The Balaban J connectivity index is 0.00000361. The van der Waals surface area contributed by atoms with Crippen LogP contribution in [0.1, 0.15) is 139 Å². The number of hydrogen-bond acceptors (Lipinski definition) is 5. The maximum atomic E-state index is 14.4. The fourth-order valence-electron chi connectivity index (χ4n) is 6.57. The van der Waals surface area contributed by atoms with Gasteiger partial charge < -0.3 is 24.1 Å². The van der Waals surface area contributed by atoms with Gasteiger partial charge in [-0.05, 0) is 94.5 Å². The summed E-state index contributed by atoms with van der Waals surface area (Å²) in [5, 5.41) is 3.12. The van der Waals surface area contributed by atoms with Crippen LogP contribution in [0.15, 0.2) is 84.9 Å². The molecule has 1 aliphatic rings. The van der Waals surface area contributed by atoms with Crippen LogP contribution in [0.3, 0.4) is 0 Å². The highest BCUT2D eigenvalue weighted by Crippen LogP contribution is 2.43. The molecule has 56 heavy (non-hydrogen) atoms. The standard InChI is InChI=1S/C40H47FN2O5.3C2H6.CH4.BH/c1-26(2)36-35(38(45)42-30-16-12-9-13-17-30)34(27-14-10-8-11-15-27)37(28-18-20-29(41)21-19-28)43(36)23-22-31-24-32(47-40(6,7)46-31)25-33(44)48-39(3,4)5;3*1-2;;/h8-21,26,31-32H,22-25H2,1-7H3,(H,42,45);3*1-2H3;1H4;1H/t31-,32-;;;;;/m1...../s1. The van der Waals surface area contributed by atoms with Crippen LogP contribution < -0.4 is 5.32 Å². The molecule has 1 aromatic heterocycles. The second-order valence-electron chi connectivity index (χ2n) is 14.2. The third-order valence-corrected chi connectivity index (χ3v) is 8.21. The molecule has 7 nitrogen and oxygen atoms in total. The van der Waals surface area contributed by atoms with Gasteiger partial charge in [-0.2, -0.15) is 0 Å². The van der Waals surface area contributed by atoms with Crippen LogP contribution in [0.4, 0.5) is 10.1 Å². The zero-order valence-corrected chi connectivity index (χ0v) is 35.7. The molecule has 1 saturated heterocycles. The number of benzene rings is 3. The molecule has 0 aliphatic carbocycles. The van der Waals surface area contributed by atoms with E-state index in [0.717, 1.165) is 28.1 Å². The molecule has 2 atom stereocenters. The zero-order valence-electron chi connectivity index (χ0n) is 35.7. The van der Waals surface area contributed by atoms with E-state index >= 15 is 0 Å². The number of ether oxygens (including phenoxy) is 3. The highest BCUT2D eigenvalue weighted by molar-refractivity contribution is 6.12. The number of esters is 1. The van der Waals surface area contributed by atoms with Crippen molar-refractivity contribution in [3.63, 3.8) is 0 Å². The second-order valence-corrected chi connectivity index (χ2v) is 14.2. The van der Waals surface area contributed by atoms with Crippen molar-refractivity contribution < 1.29 is 28.2 Å². The first-order valence-corrected chi connectivity index (χ1v) is 19.7. The highest BCUT2D eigenvalue weighted by atomic mass is 19.1. The van der Waals surface area contributed by atoms with E-state index in [1.54, 1.807) is 12.1 Å². The van der Waals surface area contributed by atoms with Crippen molar-refractivity contribution in [2.75, 3.05) is 5.32 Å². The lowest BCUT2D eigenvalue weighted by Gasteiger charge is -2.41. The molecule has 0 bridgehead atoms.